The molecule has 2 rings (SSSR count). The summed E-state index contributed by atoms with van der Waals surface area (Å²) in [6, 6.07) is 6.67. The molecule has 0 aliphatic heterocycles. The number of halogens is 1. The molecule has 150 valence electrons. The van der Waals surface area contributed by atoms with Crippen molar-refractivity contribution in [1.29, 1.82) is 0 Å². The van der Waals surface area contributed by atoms with Crippen molar-refractivity contribution >= 4 is 12.1 Å². The minimum absolute atomic E-state index is 0.0128. The fourth-order valence-electron chi connectivity index (χ4n) is 2.90. The first-order chi connectivity index (χ1) is 12.9. The summed E-state index contributed by atoms with van der Waals surface area (Å²) in [4.78, 5) is 15.9. The lowest BCUT2D eigenvalue weighted by atomic mass is 9.84. The molecule has 1 amide bonds. The van der Waals surface area contributed by atoms with Crippen LogP contribution in [0, 0.1) is 11.7 Å². The van der Waals surface area contributed by atoms with Gasteiger partial charge in [-0.25, -0.2) is 9.18 Å². The summed E-state index contributed by atoms with van der Waals surface area (Å²) in [5.74, 6) is 0.889. The van der Waals surface area contributed by atoms with Crippen LogP contribution in [0.25, 0.3) is 0 Å². The van der Waals surface area contributed by atoms with E-state index >= 15 is 0 Å². The third kappa shape index (κ3) is 6.73. The minimum Gasteiger partial charge on any atom is -0.450 e. The van der Waals surface area contributed by atoms with Crippen LogP contribution in [-0.2, 0) is 10.2 Å². The highest BCUT2D eigenvalue weighted by molar-refractivity contribution is 5.80. The third-order valence-electron chi connectivity index (χ3n) is 4.79. The molecule has 0 aromatic heterocycles. The molecule has 27 heavy (non-hydrogen) atoms. The zero-order valence-electron chi connectivity index (χ0n) is 16.6. The smallest absolute Gasteiger partial charge is 0.407 e. The summed E-state index contributed by atoms with van der Waals surface area (Å²) in [5, 5.41) is 9.48. The number of nitrogens with one attached hydrogen (secondary N) is 3. The van der Waals surface area contributed by atoms with Crippen LogP contribution in [0.5, 0.6) is 0 Å². The second-order valence-corrected chi connectivity index (χ2v) is 7.51. The number of guanidine groups is 1. The van der Waals surface area contributed by atoms with Gasteiger partial charge in [-0.05, 0) is 43.4 Å². The van der Waals surface area contributed by atoms with E-state index in [9.17, 15) is 9.18 Å². The van der Waals surface area contributed by atoms with E-state index < -0.39 is 0 Å². The van der Waals surface area contributed by atoms with Crippen LogP contribution in [0.15, 0.2) is 29.3 Å². The van der Waals surface area contributed by atoms with Gasteiger partial charge in [-0.15, -0.1) is 0 Å². The highest BCUT2D eigenvalue weighted by atomic mass is 19.1. The van der Waals surface area contributed by atoms with Gasteiger partial charge in [-0.3, -0.25) is 4.99 Å². The highest BCUT2D eigenvalue weighted by Gasteiger charge is 2.32. The van der Waals surface area contributed by atoms with Crippen molar-refractivity contribution in [2.45, 2.75) is 45.1 Å². The van der Waals surface area contributed by atoms with Gasteiger partial charge in [0.15, 0.2) is 5.96 Å². The quantitative estimate of drug-likeness (QED) is 0.480. The number of aliphatic imine (C=N–C) groups is 1. The van der Waals surface area contributed by atoms with Crippen LogP contribution < -0.4 is 16.0 Å². The predicted molar refractivity (Wildman–Crippen MR) is 105 cm³/mol. The number of nitrogens with zero attached hydrogens (tertiary/aromatic N) is 1. The van der Waals surface area contributed by atoms with Gasteiger partial charge in [-0.1, -0.05) is 26.0 Å². The number of carbonyl (C=O) groups excluding carboxylic acids is 1. The standard InChI is InChI=1S/C20H31FN4O2/c1-5-27-19(26)25-17(14-9-10-14)12-23-18(22-4)24-13-20(2,3)15-7-6-8-16(21)11-15/h6-8,11,14,17H,5,9-10,12-13H2,1-4H3,(H,25,26)(H2,22,23,24). The van der Waals surface area contributed by atoms with Crippen LogP contribution in [0.3, 0.4) is 0 Å². The average molecular weight is 378 g/mol. The van der Waals surface area contributed by atoms with Crippen molar-refractivity contribution < 1.29 is 13.9 Å². The largest absolute Gasteiger partial charge is 0.450 e. The van der Waals surface area contributed by atoms with Crippen LogP contribution in [0.1, 0.15) is 39.2 Å². The van der Waals surface area contributed by atoms with Gasteiger partial charge >= 0.3 is 6.09 Å². The van der Waals surface area contributed by atoms with E-state index in [1.54, 1.807) is 26.1 Å². The topological polar surface area (TPSA) is 74.8 Å². The number of benzene rings is 1. The van der Waals surface area contributed by atoms with E-state index in [1.807, 2.05) is 6.07 Å². The molecule has 1 aliphatic rings. The van der Waals surface area contributed by atoms with E-state index in [0.29, 0.717) is 31.6 Å². The Kier molecular flexibility index (Phi) is 7.45. The molecule has 7 heteroatoms. The van der Waals surface area contributed by atoms with Crippen molar-refractivity contribution in [3.8, 4) is 0 Å². The van der Waals surface area contributed by atoms with Crippen molar-refractivity contribution in [2.75, 3.05) is 26.7 Å². The van der Waals surface area contributed by atoms with E-state index in [2.05, 4.69) is 34.8 Å². The van der Waals surface area contributed by atoms with Crippen LogP contribution >= 0.6 is 0 Å². The van der Waals surface area contributed by atoms with Crippen LogP contribution in [0.2, 0.25) is 0 Å². The Morgan fingerprint density at radius 1 is 1.37 bits per heavy atom. The van der Waals surface area contributed by atoms with E-state index in [0.717, 1.165) is 18.4 Å². The molecule has 1 atom stereocenters. The first kappa shape index (κ1) is 21.0. The molecule has 1 unspecified atom stereocenters. The number of alkyl carbamates (subject to hydrolysis) is 1. The maximum absolute atomic E-state index is 13.5. The Labute approximate surface area is 161 Å². The maximum atomic E-state index is 13.5. The Bertz CT molecular complexity index is 659. The van der Waals surface area contributed by atoms with Crippen molar-refractivity contribution in [2.24, 2.45) is 10.9 Å². The zero-order chi connectivity index (χ0) is 19.9. The molecule has 0 saturated heterocycles. The third-order valence-corrected chi connectivity index (χ3v) is 4.79. The van der Waals surface area contributed by atoms with Gasteiger partial charge in [0.2, 0.25) is 0 Å². The Morgan fingerprint density at radius 2 is 2.11 bits per heavy atom. The molecule has 1 saturated carbocycles. The lowest BCUT2D eigenvalue weighted by Crippen LogP contribution is -2.49. The minimum atomic E-state index is -0.383. The number of ether oxygens (including phenoxy) is 1. The monoisotopic (exact) mass is 378 g/mol. The van der Waals surface area contributed by atoms with Crippen molar-refractivity contribution in [3.63, 3.8) is 0 Å². The molecule has 1 aromatic carbocycles. The number of amides is 1. The molecule has 3 N–H and O–H groups in total. The van der Waals surface area contributed by atoms with Gasteiger partial charge < -0.3 is 20.7 Å². The SMILES string of the molecule is CCOC(=O)NC(CNC(=NC)NCC(C)(C)c1cccc(F)c1)C1CC1. The molecule has 1 fully saturated rings. The maximum Gasteiger partial charge on any atom is 0.407 e. The molecule has 1 aromatic rings. The van der Waals surface area contributed by atoms with Gasteiger partial charge in [0.05, 0.1) is 12.6 Å². The van der Waals surface area contributed by atoms with E-state index in [4.69, 9.17) is 4.74 Å². The summed E-state index contributed by atoms with van der Waals surface area (Å²) < 4.78 is 18.5. The highest BCUT2D eigenvalue weighted by Crippen LogP contribution is 2.32. The van der Waals surface area contributed by atoms with Gasteiger partial charge in [-0.2, -0.15) is 0 Å². The van der Waals surface area contributed by atoms with Crippen LogP contribution in [0.4, 0.5) is 9.18 Å². The molecule has 0 radical (unpaired) electrons. The Balaban J connectivity index is 1.86. The first-order valence-corrected chi connectivity index (χ1v) is 9.49. The average Bonchev–Trinajstić information content (AvgIpc) is 3.46. The van der Waals surface area contributed by atoms with Gasteiger partial charge in [0.1, 0.15) is 5.82 Å². The normalized spacial score (nSPS) is 15.8. The summed E-state index contributed by atoms with van der Waals surface area (Å²) in [5.41, 5.74) is 0.656. The fraction of sp³-hybridized carbons (Fsp3) is 0.600. The molecular weight excluding hydrogens is 347 g/mol. The number of hydrogen-bond acceptors (Lipinski definition) is 3. The number of rotatable bonds is 8. The van der Waals surface area contributed by atoms with Crippen LogP contribution in [-0.4, -0.2) is 44.8 Å². The van der Waals surface area contributed by atoms with E-state index in [-0.39, 0.29) is 23.4 Å². The van der Waals surface area contributed by atoms with Crippen molar-refractivity contribution in [1.82, 2.24) is 16.0 Å². The lowest BCUT2D eigenvalue weighted by molar-refractivity contribution is 0.146. The molecule has 0 spiro atoms. The van der Waals surface area contributed by atoms with Crippen molar-refractivity contribution in [3.05, 3.63) is 35.6 Å². The second-order valence-electron chi connectivity index (χ2n) is 7.51. The Morgan fingerprint density at radius 3 is 2.70 bits per heavy atom. The summed E-state index contributed by atoms with van der Waals surface area (Å²) in [7, 11) is 1.70. The fourth-order valence-corrected chi connectivity index (χ4v) is 2.90. The predicted octanol–water partition coefficient (Wildman–Crippen LogP) is 2.79. The molecule has 6 nitrogen and oxygen atoms in total. The number of carbonyl (C=O) groups is 1. The van der Waals surface area contributed by atoms with E-state index in [1.165, 1.54) is 6.07 Å². The summed E-state index contributed by atoms with van der Waals surface area (Å²) in [6.07, 6.45) is 1.83. The molecule has 0 bridgehead atoms. The number of hydrogen-bond donors (Lipinski definition) is 3. The molecular formula is C20H31FN4O2. The summed E-state index contributed by atoms with van der Waals surface area (Å²) in [6.45, 7) is 7.42. The van der Waals surface area contributed by atoms with Gasteiger partial charge in [0.25, 0.3) is 0 Å². The van der Waals surface area contributed by atoms with Gasteiger partial charge in [0, 0.05) is 25.6 Å². The second kappa shape index (κ2) is 9.58. The Hall–Kier alpha value is -2.31. The molecule has 0 heterocycles. The first-order valence-electron chi connectivity index (χ1n) is 9.49. The summed E-state index contributed by atoms with van der Waals surface area (Å²) >= 11 is 0. The zero-order valence-corrected chi connectivity index (χ0v) is 16.6. The molecule has 1 aliphatic carbocycles. The lowest BCUT2D eigenvalue weighted by Gasteiger charge is -2.27.